The standard InChI is InChI=1S/C12H15NO4S2/c1-9(5-14)7-19(15,16)8-10-6-18-12(13-10)11-3-2-4-17-11/h2-4,6,9,14H,5,7-8H2,1H3. The quantitative estimate of drug-likeness (QED) is 0.882. The Hall–Kier alpha value is -1.18. The summed E-state index contributed by atoms with van der Waals surface area (Å²) in [5, 5.41) is 11.3. The molecule has 2 aromatic heterocycles. The van der Waals surface area contributed by atoms with Crippen LogP contribution in [0.3, 0.4) is 0 Å². The first kappa shape index (κ1) is 14.2. The van der Waals surface area contributed by atoms with E-state index in [1.165, 1.54) is 11.3 Å². The van der Waals surface area contributed by atoms with E-state index in [1.54, 1.807) is 30.7 Å². The summed E-state index contributed by atoms with van der Waals surface area (Å²) in [6, 6.07) is 3.54. The summed E-state index contributed by atoms with van der Waals surface area (Å²) >= 11 is 1.35. The molecule has 2 rings (SSSR count). The molecule has 5 nitrogen and oxygen atoms in total. The minimum Gasteiger partial charge on any atom is -0.462 e. The van der Waals surface area contributed by atoms with Crippen LogP contribution in [0.4, 0.5) is 0 Å². The highest BCUT2D eigenvalue weighted by atomic mass is 32.2. The van der Waals surface area contributed by atoms with Crippen LogP contribution in [0.1, 0.15) is 12.6 Å². The number of hydrogen-bond donors (Lipinski definition) is 1. The van der Waals surface area contributed by atoms with E-state index in [1.807, 2.05) is 0 Å². The van der Waals surface area contributed by atoms with E-state index in [9.17, 15) is 8.42 Å². The fraction of sp³-hybridized carbons (Fsp3) is 0.417. The van der Waals surface area contributed by atoms with Crippen LogP contribution < -0.4 is 0 Å². The highest BCUT2D eigenvalue weighted by molar-refractivity contribution is 7.90. The molecule has 7 heteroatoms. The van der Waals surface area contributed by atoms with Crippen LogP contribution in [0.15, 0.2) is 28.2 Å². The molecule has 0 aliphatic carbocycles. The van der Waals surface area contributed by atoms with Gasteiger partial charge < -0.3 is 9.52 Å². The fourth-order valence-corrected chi connectivity index (χ4v) is 4.24. The van der Waals surface area contributed by atoms with E-state index in [-0.39, 0.29) is 24.0 Å². The van der Waals surface area contributed by atoms with Crippen molar-refractivity contribution in [2.75, 3.05) is 12.4 Å². The summed E-state index contributed by atoms with van der Waals surface area (Å²) in [6.45, 7) is 1.57. The molecule has 104 valence electrons. The number of thiazole rings is 1. The number of sulfone groups is 1. The van der Waals surface area contributed by atoms with Gasteiger partial charge in [-0.15, -0.1) is 11.3 Å². The maximum absolute atomic E-state index is 11.9. The Balaban J connectivity index is 2.08. The highest BCUT2D eigenvalue weighted by Gasteiger charge is 2.18. The van der Waals surface area contributed by atoms with E-state index >= 15 is 0 Å². The van der Waals surface area contributed by atoms with E-state index < -0.39 is 9.84 Å². The van der Waals surface area contributed by atoms with Gasteiger partial charge in [0.15, 0.2) is 20.6 Å². The van der Waals surface area contributed by atoms with Gasteiger partial charge in [0.25, 0.3) is 0 Å². The first-order valence-electron chi connectivity index (χ1n) is 5.80. The molecule has 0 saturated carbocycles. The normalized spacial score (nSPS) is 13.6. The zero-order valence-electron chi connectivity index (χ0n) is 10.4. The molecule has 0 saturated heterocycles. The zero-order chi connectivity index (χ0) is 13.9. The number of hydrogen-bond acceptors (Lipinski definition) is 6. The largest absolute Gasteiger partial charge is 0.462 e. The summed E-state index contributed by atoms with van der Waals surface area (Å²) in [5.41, 5.74) is 0.515. The van der Waals surface area contributed by atoms with Crippen molar-refractivity contribution < 1.29 is 17.9 Å². The van der Waals surface area contributed by atoms with Gasteiger partial charge in [0, 0.05) is 12.0 Å². The first-order chi connectivity index (χ1) is 9.00. The van der Waals surface area contributed by atoms with Crippen molar-refractivity contribution in [3.05, 3.63) is 29.5 Å². The van der Waals surface area contributed by atoms with Gasteiger partial charge in [0.05, 0.1) is 23.5 Å². The lowest BCUT2D eigenvalue weighted by molar-refractivity contribution is 0.249. The lowest BCUT2D eigenvalue weighted by Crippen LogP contribution is -2.18. The molecule has 19 heavy (non-hydrogen) atoms. The van der Waals surface area contributed by atoms with Gasteiger partial charge in [-0.25, -0.2) is 13.4 Å². The third-order valence-electron chi connectivity index (χ3n) is 2.50. The maximum atomic E-state index is 11.9. The van der Waals surface area contributed by atoms with E-state index in [0.29, 0.717) is 16.5 Å². The molecule has 1 atom stereocenters. The minimum atomic E-state index is -3.25. The third-order valence-corrected chi connectivity index (χ3v) is 5.22. The second-order valence-corrected chi connectivity index (χ2v) is 7.43. The Bertz CT molecular complexity index is 616. The zero-order valence-corrected chi connectivity index (χ0v) is 12.1. The van der Waals surface area contributed by atoms with Crippen LogP contribution in [0.25, 0.3) is 10.8 Å². The second-order valence-electron chi connectivity index (χ2n) is 4.46. The van der Waals surface area contributed by atoms with Crippen molar-refractivity contribution in [1.29, 1.82) is 0 Å². The van der Waals surface area contributed by atoms with Crippen molar-refractivity contribution in [1.82, 2.24) is 4.98 Å². The SMILES string of the molecule is CC(CO)CS(=O)(=O)Cc1csc(-c2ccco2)n1. The summed E-state index contributed by atoms with van der Waals surface area (Å²) in [6.07, 6.45) is 1.55. The van der Waals surface area contributed by atoms with Crippen molar-refractivity contribution in [3.63, 3.8) is 0 Å². The highest BCUT2D eigenvalue weighted by Crippen LogP contribution is 2.24. The molecule has 2 aromatic rings. The lowest BCUT2D eigenvalue weighted by Gasteiger charge is -2.07. The molecule has 0 bridgehead atoms. The summed E-state index contributed by atoms with van der Waals surface area (Å²) in [4.78, 5) is 4.25. The Morgan fingerprint density at radius 2 is 2.32 bits per heavy atom. The topological polar surface area (TPSA) is 80.4 Å². The molecule has 1 N–H and O–H groups in total. The number of nitrogens with zero attached hydrogens (tertiary/aromatic N) is 1. The molecule has 0 aromatic carbocycles. The van der Waals surface area contributed by atoms with Crippen LogP contribution in [-0.4, -0.2) is 30.9 Å². The first-order valence-corrected chi connectivity index (χ1v) is 8.50. The van der Waals surface area contributed by atoms with Crippen LogP contribution in [-0.2, 0) is 15.6 Å². The lowest BCUT2D eigenvalue weighted by atomic mass is 10.2. The Morgan fingerprint density at radius 3 is 2.95 bits per heavy atom. The van der Waals surface area contributed by atoms with Crippen molar-refractivity contribution in [2.45, 2.75) is 12.7 Å². The molecule has 0 fully saturated rings. The van der Waals surface area contributed by atoms with Crippen LogP contribution in [0.5, 0.6) is 0 Å². The van der Waals surface area contributed by atoms with Gasteiger partial charge >= 0.3 is 0 Å². The average Bonchev–Trinajstić information content (AvgIpc) is 2.97. The Labute approximate surface area is 115 Å². The molecule has 0 radical (unpaired) electrons. The number of aliphatic hydroxyl groups is 1. The Kier molecular flexibility index (Phi) is 4.38. The molecule has 2 heterocycles. The molecule has 0 aliphatic rings. The van der Waals surface area contributed by atoms with Crippen LogP contribution in [0, 0.1) is 5.92 Å². The number of furan rings is 1. The fourth-order valence-electron chi connectivity index (χ4n) is 1.66. The molecule has 1 unspecified atom stereocenters. The predicted octanol–water partition coefficient (Wildman–Crippen LogP) is 1.95. The van der Waals surface area contributed by atoms with E-state index in [2.05, 4.69) is 4.98 Å². The summed E-state index contributed by atoms with van der Waals surface area (Å²) < 4.78 is 29.0. The minimum absolute atomic E-state index is 0.0306. The molecular formula is C12H15NO4S2. The number of aromatic nitrogens is 1. The van der Waals surface area contributed by atoms with Crippen molar-refractivity contribution >= 4 is 21.2 Å². The number of rotatable bonds is 6. The smallest absolute Gasteiger partial charge is 0.162 e. The number of aliphatic hydroxyl groups excluding tert-OH is 1. The molecular weight excluding hydrogens is 286 g/mol. The second kappa shape index (κ2) is 5.85. The predicted molar refractivity (Wildman–Crippen MR) is 73.6 cm³/mol. The monoisotopic (exact) mass is 301 g/mol. The van der Waals surface area contributed by atoms with Crippen molar-refractivity contribution in [2.24, 2.45) is 5.92 Å². The van der Waals surface area contributed by atoms with Gasteiger partial charge in [-0.2, -0.15) is 0 Å². The summed E-state index contributed by atoms with van der Waals surface area (Å²) in [7, 11) is -3.25. The van der Waals surface area contributed by atoms with Gasteiger partial charge in [-0.05, 0) is 18.1 Å². The van der Waals surface area contributed by atoms with Crippen LogP contribution in [0.2, 0.25) is 0 Å². The van der Waals surface area contributed by atoms with Crippen LogP contribution >= 0.6 is 11.3 Å². The average molecular weight is 301 g/mol. The molecule has 0 amide bonds. The maximum Gasteiger partial charge on any atom is 0.162 e. The van der Waals surface area contributed by atoms with E-state index in [0.717, 1.165) is 0 Å². The molecule has 0 aliphatic heterocycles. The summed E-state index contributed by atoms with van der Waals surface area (Å²) in [5.74, 6) is 0.247. The van der Waals surface area contributed by atoms with Gasteiger partial charge in [0.1, 0.15) is 0 Å². The van der Waals surface area contributed by atoms with Gasteiger partial charge in [-0.1, -0.05) is 6.92 Å². The van der Waals surface area contributed by atoms with E-state index in [4.69, 9.17) is 9.52 Å². The Morgan fingerprint density at radius 1 is 1.53 bits per heavy atom. The van der Waals surface area contributed by atoms with Crippen molar-refractivity contribution in [3.8, 4) is 10.8 Å². The third kappa shape index (κ3) is 3.89. The molecule has 0 spiro atoms. The van der Waals surface area contributed by atoms with Gasteiger partial charge in [0.2, 0.25) is 0 Å². The van der Waals surface area contributed by atoms with Gasteiger partial charge in [-0.3, -0.25) is 0 Å².